The minimum atomic E-state index is -0.420. The van der Waals surface area contributed by atoms with E-state index in [0.717, 1.165) is 12.7 Å². The Balaban J connectivity index is 2.58. The van der Waals surface area contributed by atoms with Crippen molar-refractivity contribution in [3.05, 3.63) is 29.8 Å². The Morgan fingerprint density at radius 3 is 2.50 bits per heavy atom. The van der Waals surface area contributed by atoms with Gasteiger partial charge in [-0.05, 0) is 25.1 Å². The molecule has 0 spiro atoms. The van der Waals surface area contributed by atoms with E-state index in [-0.39, 0.29) is 11.7 Å². The van der Waals surface area contributed by atoms with E-state index in [1.54, 1.807) is 0 Å². The van der Waals surface area contributed by atoms with Gasteiger partial charge in [-0.25, -0.2) is 4.39 Å². The van der Waals surface area contributed by atoms with Gasteiger partial charge >= 0.3 is 0 Å². The summed E-state index contributed by atoms with van der Waals surface area (Å²) in [5, 5.41) is 0. The number of carbonyl (C=O) groups excluding carboxylic acids is 1. The van der Waals surface area contributed by atoms with Gasteiger partial charge in [-0.3, -0.25) is 9.78 Å². The summed E-state index contributed by atoms with van der Waals surface area (Å²) in [7, 11) is 2.00. The molecular formula is C14H21FN2O. The summed E-state index contributed by atoms with van der Waals surface area (Å²) in [6.45, 7) is 7.81. The van der Waals surface area contributed by atoms with Gasteiger partial charge in [0.2, 0.25) is 0 Å². The monoisotopic (exact) mass is 252 g/mol. The molecule has 0 N–H and O–H groups in total. The van der Waals surface area contributed by atoms with Crippen LogP contribution in [0.4, 0.5) is 4.39 Å². The summed E-state index contributed by atoms with van der Waals surface area (Å²) in [5.41, 5.74) is 0.335. The van der Waals surface area contributed by atoms with Crippen LogP contribution in [0.5, 0.6) is 0 Å². The maximum absolute atomic E-state index is 12.7. The maximum Gasteiger partial charge on any atom is 0.185 e. The largest absolute Gasteiger partial charge is 0.305 e. The number of hydrogen-bond donors (Lipinski definition) is 0. The van der Waals surface area contributed by atoms with Crippen LogP contribution >= 0.6 is 0 Å². The van der Waals surface area contributed by atoms with Gasteiger partial charge in [0.25, 0.3) is 0 Å². The Morgan fingerprint density at radius 2 is 2.00 bits per heavy atom. The number of carbonyl (C=O) groups is 1. The van der Waals surface area contributed by atoms with Crippen LogP contribution in [0.15, 0.2) is 18.3 Å². The smallest absolute Gasteiger partial charge is 0.185 e. The molecule has 0 fully saturated rings. The van der Waals surface area contributed by atoms with Gasteiger partial charge in [-0.1, -0.05) is 20.8 Å². The van der Waals surface area contributed by atoms with Crippen molar-refractivity contribution in [2.24, 2.45) is 11.8 Å². The fraction of sp³-hybridized carbons (Fsp3) is 0.571. The summed E-state index contributed by atoms with van der Waals surface area (Å²) >= 11 is 0. The van der Waals surface area contributed by atoms with Crippen molar-refractivity contribution in [2.45, 2.75) is 20.8 Å². The van der Waals surface area contributed by atoms with E-state index in [1.165, 1.54) is 12.1 Å². The molecule has 4 heteroatoms. The Morgan fingerprint density at radius 1 is 1.33 bits per heavy atom. The first-order valence-electron chi connectivity index (χ1n) is 6.24. The number of ketones is 1. The van der Waals surface area contributed by atoms with Crippen molar-refractivity contribution < 1.29 is 9.18 Å². The lowest BCUT2D eigenvalue weighted by atomic mass is 10.0. The molecule has 0 aliphatic rings. The van der Waals surface area contributed by atoms with E-state index < -0.39 is 5.82 Å². The highest BCUT2D eigenvalue weighted by molar-refractivity contribution is 5.95. The second kappa shape index (κ2) is 6.59. The summed E-state index contributed by atoms with van der Waals surface area (Å²) in [4.78, 5) is 18.0. The minimum absolute atomic E-state index is 0.0365. The molecule has 1 rings (SSSR count). The molecule has 0 saturated carbocycles. The second-order valence-corrected chi connectivity index (χ2v) is 5.24. The highest BCUT2D eigenvalue weighted by Crippen LogP contribution is 2.09. The van der Waals surface area contributed by atoms with Crippen LogP contribution in [0.25, 0.3) is 0 Å². The minimum Gasteiger partial charge on any atom is -0.305 e. The first kappa shape index (κ1) is 14.8. The molecule has 1 aromatic rings. The lowest BCUT2D eigenvalue weighted by Crippen LogP contribution is -2.31. The van der Waals surface area contributed by atoms with Crippen molar-refractivity contribution in [3.63, 3.8) is 0 Å². The van der Waals surface area contributed by atoms with E-state index in [9.17, 15) is 9.18 Å². The Labute approximate surface area is 108 Å². The predicted molar refractivity (Wildman–Crippen MR) is 70.0 cm³/mol. The van der Waals surface area contributed by atoms with Gasteiger partial charge in [-0.2, -0.15) is 0 Å². The van der Waals surface area contributed by atoms with Gasteiger partial charge in [0, 0.05) is 19.0 Å². The molecule has 0 aliphatic carbocycles. The van der Waals surface area contributed by atoms with Crippen LogP contribution in [0.2, 0.25) is 0 Å². The third-order valence-corrected chi connectivity index (χ3v) is 2.69. The predicted octanol–water partition coefficient (Wildman–Crippen LogP) is 2.63. The SMILES string of the molecule is CC(C)CN(C)CC(C)C(=O)c1ccc(F)cn1. The zero-order valence-electron chi connectivity index (χ0n) is 11.5. The zero-order valence-corrected chi connectivity index (χ0v) is 11.5. The van der Waals surface area contributed by atoms with Crippen LogP contribution in [0.3, 0.4) is 0 Å². The molecule has 1 atom stereocenters. The Hall–Kier alpha value is -1.29. The second-order valence-electron chi connectivity index (χ2n) is 5.24. The highest BCUT2D eigenvalue weighted by atomic mass is 19.1. The van der Waals surface area contributed by atoms with Gasteiger partial charge in [0.15, 0.2) is 5.78 Å². The highest BCUT2D eigenvalue weighted by Gasteiger charge is 2.18. The first-order valence-corrected chi connectivity index (χ1v) is 6.24. The Kier molecular flexibility index (Phi) is 5.41. The third-order valence-electron chi connectivity index (χ3n) is 2.69. The maximum atomic E-state index is 12.7. The average Bonchev–Trinajstić information content (AvgIpc) is 2.27. The summed E-state index contributed by atoms with van der Waals surface area (Å²) in [6, 6.07) is 2.71. The van der Waals surface area contributed by atoms with E-state index in [4.69, 9.17) is 0 Å². The number of halogens is 1. The van der Waals surface area contributed by atoms with Crippen molar-refractivity contribution in [1.82, 2.24) is 9.88 Å². The molecule has 0 saturated heterocycles. The number of hydrogen-bond acceptors (Lipinski definition) is 3. The molecule has 0 amide bonds. The molecule has 0 aromatic carbocycles. The molecule has 1 aromatic heterocycles. The van der Waals surface area contributed by atoms with E-state index in [2.05, 4.69) is 23.7 Å². The van der Waals surface area contributed by atoms with Crippen LogP contribution in [0.1, 0.15) is 31.3 Å². The van der Waals surface area contributed by atoms with E-state index in [0.29, 0.717) is 18.2 Å². The Bertz CT molecular complexity index is 389. The summed E-state index contributed by atoms with van der Waals surface area (Å²) in [6.07, 6.45) is 1.08. The topological polar surface area (TPSA) is 33.2 Å². The fourth-order valence-electron chi connectivity index (χ4n) is 2.02. The van der Waals surface area contributed by atoms with E-state index in [1.807, 2.05) is 14.0 Å². The molecule has 18 heavy (non-hydrogen) atoms. The van der Waals surface area contributed by atoms with E-state index >= 15 is 0 Å². The van der Waals surface area contributed by atoms with Crippen LogP contribution in [-0.2, 0) is 0 Å². The standard InChI is InChI=1S/C14H21FN2O/c1-10(2)8-17(4)9-11(3)14(18)13-6-5-12(15)7-16-13/h5-7,10-11H,8-9H2,1-4H3. The van der Waals surface area contributed by atoms with Gasteiger partial charge < -0.3 is 4.90 Å². The number of pyridine rings is 1. The number of Topliss-reactive ketones (excluding diaryl/α,β-unsaturated/α-hetero) is 1. The molecule has 3 nitrogen and oxygen atoms in total. The lowest BCUT2D eigenvalue weighted by Gasteiger charge is -2.22. The molecule has 0 bridgehead atoms. The van der Waals surface area contributed by atoms with Crippen molar-refractivity contribution in [3.8, 4) is 0 Å². The quantitative estimate of drug-likeness (QED) is 0.730. The molecule has 100 valence electrons. The number of rotatable bonds is 6. The molecule has 1 unspecified atom stereocenters. The average molecular weight is 252 g/mol. The van der Waals surface area contributed by atoms with Crippen LogP contribution in [-0.4, -0.2) is 35.8 Å². The number of nitrogens with zero attached hydrogens (tertiary/aromatic N) is 2. The third kappa shape index (κ3) is 4.53. The molecular weight excluding hydrogens is 231 g/mol. The molecule has 1 heterocycles. The zero-order chi connectivity index (χ0) is 13.7. The van der Waals surface area contributed by atoms with Crippen molar-refractivity contribution in [1.29, 1.82) is 0 Å². The summed E-state index contributed by atoms with van der Waals surface area (Å²) in [5.74, 6) is -0.0188. The number of aromatic nitrogens is 1. The lowest BCUT2D eigenvalue weighted by molar-refractivity contribution is 0.0894. The molecule has 0 aliphatic heterocycles. The first-order chi connectivity index (χ1) is 8.40. The van der Waals surface area contributed by atoms with Gasteiger partial charge in [-0.15, -0.1) is 0 Å². The fourth-order valence-corrected chi connectivity index (χ4v) is 2.02. The van der Waals surface area contributed by atoms with Crippen molar-refractivity contribution in [2.75, 3.05) is 20.1 Å². The normalized spacial score (nSPS) is 13.1. The van der Waals surface area contributed by atoms with Crippen LogP contribution in [0, 0.1) is 17.7 Å². The van der Waals surface area contributed by atoms with Gasteiger partial charge in [0.05, 0.1) is 6.20 Å². The summed E-state index contributed by atoms with van der Waals surface area (Å²) < 4.78 is 12.7. The molecule has 0 radical (unpaired) electrons. The van der Waals surface area contributed by atoms with Gasteiger partial charge in [0.1, 0.15) is 11.5 Å². The van der Waals surface area contributed by atoms with Crippen molar-refractivity contribution >= 4 is 5.78 Å². The van der Waals surface area contributed by atoms with Crippen LogP contribution < -0.4 is 0 Å².